The summed E-state index contributed by atoms with van der Waals surface area (Å²) in [6.07, 6.45) is 9.68. The second-order valence-electron chi connectivity index (χ2n) is 14.1. The van der Waals surface area contributed by atoms with Crippen LogP contribution >= 0.6 is 0 Å². The monoisotopic (exact) mass is 528 g/mol. The molecule has 202 valence electrons. The highest BCUT2D eigenvalue weighted by Crippen LogP contribution is 2.56. The van der Waals surface area contributed by atoms with Gasteiger partial charge < -0.3 is 10.1 Å². The third-order valence-corrected chi connectivity index (χ3v) is 11.7. The summed E-state index contributed by atoms with van der Waals surface area (Å²) in [6.45, 7) is 6.76. The molecule has 0 aromatic heterocycles. The Morgan fingerprint density at radius 1 is 1.00 bits per heavy atom. The van der Waals surface area contributed by atoms with Crippen LogP contribution < -0.4 is 5.32 Å². The predicted molar refractivity (Wildman–Crippen MR) is 139 cm³/mol. The summed E-state index contributed by atoms with van der Waals surface area (Å²) in [5.41, 5.74) is 0.0905. The lowest BCUT2D eigenvalue weighted by molar-refractivity contribution is -0.130. The summed E-state index contributed by atoms with van der Waals surface area (Å²) in [5.74, 6) is 1.19. The van der Waals surface area contributed by atoms with Gasteiger partial charge in [0.05, 0.1) is 10.5 Å². The molecular weight excluding hydrogens is 488 g/mol. The zero-order valence-corrected chi connectivity index (χ0v) is 23.1. The summed E-state index contributed by atoms with van der Waals surface area (Å²) in [6, 6.07) is 6.03. The molecule has 0 unspecified atom stereocenters. The number of carbonyl (C=O) groups excluding carboxylic acids is 2. The minimum Gasteiger partial charge on any atom is -0.452 e. The fraction of sp³-hybridized carbons (Fsp3) is 0.724. The second-order valence-corrected chi connectivity index (χ2v) is 16.0. The van der Waals surface area contributed by atoms with Crippen LogP contribution in [0.1, 0.15) is 88.9 Å². The Hall–Kier alpha value is -1.93. The first-order valence-electron chi connectivity index (χ1n) is 13.9. The third-order valence-electron chi connectivity index (χ3n) is 9.82. The molecule has 8 heteroatoms. The molecule has 0 radical (unpaired) electrons. The van der Waals surface area contributed by atoms with Gasteiger partial charge in [-0.05, 0) is 105 Å². The molecule has 6 aliphatic rings. The number of esters is 1. The van der Waals surface area contributed by atoms with E-state index in [2.05, 4.69) is 26.1 Å². The zero-order valence-electron chi connectivity index (χ0n) is 22.3. The molecular formula is C29H40N2O5S. The van der Waals surface area contributed by atoms with Gasteiger partial charge in [-0.2, -0.15) is 4.31 Å². The van der Waals surface area contributed by atoms with Crippen LogP contribution in [0, 0.1) is 28.6 Å². The summed E-state index contributed by atoms with van der Waals surface area (Å²) in [5, 5.41) is 3.22. The van der Waals surface area contributed by atoms with E-state index in [1.54, 1.807) is 22.5 Å². The molecule has 5 saturated carbocycles. The van der Waals surface area contributed by atoms with Gasteiger partial charge in [0, 0.05) is 18.1 Å². The average Bonchev–Trinajstić information content (AvgIpc) is 3.05. The minimum atomic E-state index is -3.75. The first-order valence-corrected chi connectivity index (χ1v) is 15.4. The standard InChI is InChI=1S/C29H40N2O5S/c1-27(2)14-23-15-28(3,17-27)18-31(23)37(34,35)24-6-4-5-22(10-24)26(33)36-16-25(32)30-29-11-19-7-20(12-29)9-21(8-19)13-29/h4-6,10,19-21,23H,7-9,11-18H2,1-3H3,(H,30,32)/t19?,20?,21?,23-,28-,29?/m0/s1. The molecule has 1 aromatic carbocycles. The van der Waals surface area contributed by atoms with E-state index in [1.807, 2.05) is 0 Å². The van der Waals surface area contributed by atoms with Crippen LogP contribution in [-0.4, -0.2) is 49.3 Å². The van der Waals surface area contributed by atoms with Crippen LogP contribution in [0.25, 0.3) is 0 Å². The summed E-state index contributed by atoms with van der Waals surface area (Å²) in [7, 11) is -3.75. The number of rotatable bonds is 6. The first-order chi connectivity index (χ1) is 17.3. The van der Waals surface area contributed by atoms with Crippen molar-refractivity contribution >= 4 is 21.9 Å². The summed E-state index contributed by atoms with van der Waals surface area (Å²) < 4.78 is 34.3. The number of ether oxygens (including phenoxy) is 1. The van der Waals surface area contributed by atoms with Crippen molar-refractivity contribution in [2.75, 3.05) is 13.2 Å². The van der Waals surface area contributed by atoms with Gasteiger partial charge in [-0.15, -0.1) is 0 Å². The number of hydrogen-bond acceptors (Lipinski definition) is 5. The second kappa shape index (κ2) is 8.54. The van der Waals surface area contributed by atoms with E-state index in [-0.39, 0.29) is 45.4 Å². The predicted octanol–water partition coefficient (Wildman–Crippen LogP) is 4.52. The molecule has 6 bridgehead atoms. The molecule has 37 heavy (non-hydrogen) atoms. The molecule has 1 aromatic rings. The maximum absolute atomic E-state index is 13.6. The molecule has 7 rings (SSSR count). The topological polar surface area (TPSA) is 92.8 Å². The highest BCUT2D eigenvalue weighted by molar-refractivity contribution is 7.89. The van der Waals surface area contributed by atoms with Crippen molar-refractivity contribution in [1.29, 1.82) is 0 Å². The lowest BCUT2D eigenvalue weighted by Gasteiger charge is -2.56. The van der Waals surface area contributed by atoms with Crippen molar-refractivity contribution in [2.24, 2.45) is 28.6 Å². The summed E-state index contributed by atoms with van der Waals surface area (Å²) >= 11 is 0. The third kappa shape index (κ3) is 4.73. The Kier molecular flexibility index (Phi) is 5.85. The van der Waals surface area contributed by atoms with Crippen molar-refractivity contribution in [2.45, 2.75) is 95.0 Å². The number of nitrogens with one attached hydrogen (secondary N) is 1. The van der Waals surface area contributed by atoms with Crippen molar-refractivity contribution in [3.05, 3.63) is 29.8 Å². The van der Waals surface area contributed by atoms with Crippen LogP contribution in [0.4, 0.5) is 0 Å². The number of amides is 1. The Labute approximate surface area is 220 Å². The smallest absolute Gasteiger partial charge is 0.338 e. The van der Waals surface area contributed by atoms with Gasteiger partial charge in [0.15, 0.2) is 6.61 Å². The Morgan fingerprint density at radius 3 is 2.30 bits per heavy atom. The van der Waals surface area contributed by atoms with Crippen LogP contribution in [0.3, 0.4) is 0 Å². The van der Waals surface area contributed by atoms with Crippen molar-refractivity contribution in [3.63, 3.8) is 0 Å². The normalized spacial score (nSPS) is 37.9. The highest BCUT2D eigenvalue weighted by atomic mass is 32.2. The molecule has 0 spiro atoms. The fourth-order valence-electron chi connectivity index (χ4n) is 9.42. The molecule has 7 nitrogen and oxygen atoms in total. The van der Waals surface area contributed by atoms with E-state index in [9.17, 15) is 18.0 Å². The summed E-state index contributed by atoms with van der Waals surface area (Å²) in [4.78, 5) is 25.7. The van der Waals surface area contributed by atoms with Crippen molar-refractivity contribution in [1.82, 2.24) is 9.62 Å². The van der Waals surface area contributed by atoms with Crippen LogP contribution in [-0.2, 0) is 19.6 Å². The van der Waals surface area contributed by atoms with E-state index in [1.165, 1.54) is 25.3 Å². The van der Waals surface area contributed by atoms with Gasteiger partial charge in [0.1, 0.15) is 0 Å². The molecule has 1 heterocycles. The van der Waals surface area contributed by atoms with Gasteiger partial charge in [-0.3, -0.25) is 4.79 Å². The molecule has 6 fully saturated rings. The number of sulfonamides is 1. The largest absolute Gasteiger partial charge is 0.452 e. The quantitative estimate of drug-likeness (QED) is 0.548. The fourth-order valence-corrected chi connectivity index (χ4v) is 11.2. The van der Waals surface area contributed by atoms with Crippen LogP contribution in [0.2, 0.25) is 0 Å². The number of fused-ring (bicyclic) bond motifs is 2. The van der Waals surface area contributed by atoms with Gasteiger partial charge in [0.2, 0.25) is 10.0 Å². The van der Waals surface area contributed by atoms with E-state index in [0.717, 1.165) is 38.5 Å². The Morgan fingerprint density at radius 2 is 1.65 bits per heavy atom. The van der Waals surface area contributed by atoms with E-state index < -0.39 is 16.0 Å². The van der Waals surface area contributed by atoms with E-state index in [0.29, 0.717) is 24.3 Å². The van der Waals surface area contributed by atoms with Crippen molar-refractivity contribution < 1.29 is 22.7 Å². The minimum absolute atomic E-state index is 0.0253. The number of benzene rings is 1. The maximum Gasteiger partial charge on any atom is 0.338 e. The zero-order chi connectivity index (χ0) is 26.2. The van der Waals surface area contributed by atoms with Crippen LogP contribution in [0.15, 0.2) is 29.2 Å². The number of hydrogen-bond donors (Lipinski definition) is 1. The maximum atomic E-state index is 13.6. The van der Waals surface area contributed by atoms with Gasteiger partial charge in [0.25, 0.3) is 5.91 Å². The van der Waals surface area contributed by atoms with Gasteiger partial charge in [-0.1, -0.05) is 26.8 Å². The van der Waals surface area contributed by atoms with E-state index >= 15 is 0 Å². The van der Waals surface area contributed by atoms with Gasteiger partial charge in [-0.25, -0.2) is 13.2 Å². The Bertz CT molecular complexity index is 1190. The molecule has 1 saturated heterocycles. The number of nitrogens with zero attached hydrogens (tertiary/aromatic N) is 1. The molecule has 2 atom stereocenters. The van der Waals surface area contributed by atoms with Crippen molar-refractivity contribution in [3.8, 4) is 0 Å². The van der Waals surface area contributed by atoms with Crippen LogP contribution in [0.5, 0.6) is 0 Å². The highest BCUT2D eigenvalue weighted by Gasteiger charge is 2.53. The molecule has 1 aliphatic heterocycles. The van der Waals surface area contributed by atoms with Gasteiger partial charge >= 0.3 is 5.97 Å². The SMILES string of the molecule is CC1(C)C[C@H]2C[C@](C)(CN2S(=O)(=O)c2cccc(C(=O)OCC(=O)NC34CC5CC(CC(C5)C3)C4)c2)C1. The Balaban J connectivity index is 1.10. The first kappa shape index (κ1) is 25.4. The lowest BCUT2D eigenvalue weighted by atomic mass is 9.53. The molecule has 1 N–H and O–H groups in total. The molecule has 1 amide bonds. The van der Waals surface area contributed by atoms with E-state index in [4.69, 9.17) is 4.74 Å². The lowest BCUT2D eigenvalue weighted by Crippen LogP contribution is -2.60. The number of carbonyl (C=O) groups is 2. The average molecular weight is 529 g/mol. The molecule has 5 aliphatic carbocycles.